The van der Waals surface area contributed by atoms with Gasteiger partial charge in [-0.25, -0.2) is 9.67 Å². The zero-order chi connectivity index (χ0) is 28.3. The molecule has 0 radical (unpaired) electrons. The molecule has 0 aliphatic carbocycles. The van der Waals surface area contributed by atoms with Gasteiger partial charge in [-0.15, -0.1) is 5.10 Å². The number of benzene rings is 3. The van der Waals surface area contributed by atoms with E-state index in [4.69, 9.17) is 4.74 Å². The van der Waals surface area contributed by atoms with Gasteiger partial charge in [-0.3, -0.25) is 9.59 Å². The monoisotopic (exact) mass is 535 g/mol. The Balaban J connectivity index is 1.23. The van der Waals surface area contributed by atoms with Crippen molar-refractivity contribution in [3.8, 4) is 28.7 Å². The van der Waals surface area contributed by atoms with Crippen LogP contribution in [-0.2, 0) is 11.3 Å². The van der Waals surface area contributed by atoms with Crippen LogP contribution in [0.2, 0.25) is 0 Å². The zero-order valence-corrected chi connectivity index (χ0v) is 22.5. The largest absolute Gasteiger partial charge is 0.489 e. The number of aliphatic hydroxyl groups is 1. The SMILES string of the molecule is CN1C(=O)[C@@H](NC(=O)c2ncn(Cc3ccc(-c4ccccc4)cc3)n2)COc2ccc(C#CC(C)(C)O)cc21. The molecule has 1 atom stereocenters. The fourth-order valence-electron chi connectivity index (χ4n) is 4.22. The van der Waals surface area contributed by atoms with Gasteiger partial charge < -0.3 is 20.1 Å². The highest BCUT2D eigenvalue weighted by molar-refractivity contribution is 6.02. The molecule has 2 N–H and O–H groups in total. The number of amides is 2. The number of carbonyl (C=O) groups excluding carboxylic acids is 2. The molecule has 202 valence electrons. The van der Waals surface area contributed by atoms with Crippen molar-refractivity contribution < 1.29 is 19.4 Å². The van der Waals surface area contributed by atoms with Gasteiger partial charge in [-0.05, 0) is 48.7 Å². The van der Waals surface area contributed by atoms with Crippen LogP contribution < -0.4 is 15.0 Å². The van der Waals surface area contributed by atoms with Crippen LogP contribution in [0, 0.1) is 11.8 Å². The minimum atomic E-state index is -1.14. The Morgan fingerprint density at radius 2 is 1.82 bits per heavy atom. The van der Waals surface area contributed by atoms with Crippen LogP contribution in [0.5, 0.6) is 5.75 Å². The topological polar surface area (TPSA) is 110 Å². The molecule has 2 heterocycles. The molecule has 9 nitrogen and oxygen atoms in total. The smallest absolute Gasteiger partial charge is 0.291 e. The number of carbonyl (C=O) groups is 2. The van der Waals surface area contributed by atoms with Crippen molar-refractivity contribution >= 4 is 17.5 Å². The molecular weight excluding hydrogens is 506 g/mol. The van der Waals surface area contributed by atoms with E-state index in [0.717, 1.165) is 16.7 Å². The van der Waals surface area contributed by atoms with Gasteiger partial charge in [0.15, 0.2) is 0 Å². The van der Waals surface area contributed by atoms with Crippen molar-refractivity contribution in [1.82, 2.24) is 20.1 Å². The van der Waals surface area contributed by atoms with Gasteiger partial charge in [0.2, 0.25) is 5.82 Å². The molecule has 1 aliphatic heterocycles. The number of aromatic nitrogens is 3. The standard InChI is InChI=1S/C31H29N5O4/c1-31(2,39)16-15-21-11-14-27-26(17-21)35(3)30(38)25(19-40-27)33-29(37)28-32-20-36(34-28)18-22-9-12-24(13-10-22)23-7-5-4-6-8-23/h4-14,17,20,25,39H,18-19H2,1-3H3,(H,33,37)/t25-/m0/s1. The van der Waals surface area contributed by atoms with Crippen LogP contribution in [0.1, 0.15) is 35.6 Å². The number of fused-ring (bicyclic) bond motifs is 1. The number of ether oxygens (including phenoxy) is 1. The molecule has 5 rings (SSSR count). The zero-order valence-electron chi connectivity index (χ0n) is 22.5. The number of likely N-dealkylation sites (N-methyl/N-ethyl adjacent to an activating group) is 1. The molecule has 0 saturated carbocycles. The lowest BCUT2D eigenvalue weighted by Crippen LogP contribution is -2.49. The quantitative estimate of drug-likeness (QED) is 0.380. The molecular formula is C31H29N5O4. The predicted octanol–water partition coefficient (Wildman–Crippen LogP) is 3.27. The lowest BCUT2D eigenvalue weighted by molar-refractivity contribution is -0.120. The van der Waals surface area contributed by atoms with Gasteiger partial charge in [0, 0.05) is 12.6 Å². The highest BCUT2D eigenvalue weighted by atomic mass is 16.5. The molecule has 40 heavy (non-hydrogen) atoms. The first-order chi connectivity index (χ1) is 19.2. The van der Waals surface area contributed by atoms with Gasteiger partial charge in [0.05, 0.1) is 12.2 Å². The maximum Gasteiger partial charge on any atom is 0.291 e. The van der Waals surface area contributed by atoms with E-state index in [1.165, 1.54) is 11.2 Å². The number of nitrogens with zero attached hydrogens (tertiary/aromatic N) is 4. The first-order valence-corrected chi connectivity index (χ1v) is 12.8. The number of rotatable bonds is 5. The third-order valence-corrected chi connectivity index (χ3v) is 6.32. The average molecular weight is 536 g/mol. The summed E-state index contributed by atoms with van der Waals surface area (Å²) < 4.78 is 7.42. The van der Waals surface area contributed by atoms with Crippen LogP contribution in [0.15, 0.2) is 79.1 Å². The Labute approximate surface area is 232 Å². The van der Waals surface area contributed by atoms with E-state index in [1.807, 2.05) is 42.5 Å². The molecule has 1 aliphatic rings. The second-order valence-corrected chi connectivity index (χ2v) is 10.1. The van der Waals surface area contributed by atoms with Crippen LogP contribution in [0.3, 0.4) is 0 Å². The van der Waals surface area contributed by atoms with Crippen molar-refractivity contribution in [3.63, 3.8) is 0 Å². The highest BCUT2D eigenvalue weighted by Gasteiger charge is 2.31. The fraction of sp³-hybridized carbons (Fsp3) is 0.226. The van der Waals surface area contributed by atoms with E-state index in [0.29, 0.717) is 23.5 Å². The first-order valence-electron chi connectivity index (χ1n) is 12.8. The Hall–Kier alpha value is -4.94. The Morgan fingerprint density at radius 3 is 2.55 bits per heavy atom. The molecule has 9 heteroatoms. The Morgan fingerprint density at radius 1 is 1.10 bits per heavy atom. The summed E-state index contributed by atoms with van der Waals surface area (Å²) in [5.41, 5.74) is 3.26. The molecule has 3 aromatic carbocycles. The average Bonchev–Trinajstić information content (AvgIpc) is 3.38. The molecule has 0 spiro atoms. The van der Waals surface area contributed by atoms with E-state index >= 15 is 0 Å². The molecule has 0 saturated heterocycles. The first kappa shape index (κ1) is 26.7. The van der Waals surface area contributed by atoms with Crippen LogP contribution in [0.4, 0.5) is 5.69 Å². The minimum Gasteiger partial charge on any atom is -0.489 e. The van der Waals surface area contributed by atoms with Gasteiger partial charge in [-0.1, -0.05) is 66.4 Å². The van der Waals surface area contributed by atoms with Gasteiger partial charge >= 0.3 is 0 Å². The van der Waals surface area contributed by atoms with Crippen molar-refractivity contribution in [2.75, 3.05) is 18.6 Å². The van der Waals surface area contributed by atoms with Crippen molar-refractivity contribution in [2.24, 2.45) is 0 Å². The summed E-state index contributed by atoms with van der Waals surface area (Å²) in [5, 5.41) is 16.9. The van der Waals surface area contributed by atoms with E-state index in [2.05, 4.69) is 39.4 Å². The third-order valence-electron chi connectivity index (χ3n) is 6.32. The van der Waals surface area contributed by atoms with Crippen molar-refractivity contribution in [3.05, 3.63) is 96.1 Å². The summed E-state index contributed by atoms with van der Waals surface area (Å²) in [5.74, 6) is 5.18. The number of anilines is 1. The highest BCUT2D eigenvalue weighted by Crippen LogP contribution is 2.31. The van der Waals surface area contributed by atoms with Crippen molar-refractivity contribution in [2.45, 2.75) is 32.0 Å². The van der Waals surface area contributed by atoms with Gasteiger partial charge in [-0.2, -0.15) is 0 Å². The number of hydrogen-bond acceptors (Lipinski definition) is 6. The Bertz CT molecular complexity index is 1590. The van der Waals surface area contributed by atoms with Crippen LogP contribution >= 0.6 is 0 Å². The van der Waals surface area contributed by atoms with Crippen LogP contribution in [-0.4, -0.2) is 57.0 Å². The molecule has 1 aromatic heterocycles. The van der Waals surface area contributed by atoms with E-state index in [-0.39, 0.29) is 18.3 Å². The maximum atomic E-state index is 13.2. The summed E-state index contributed by atoms with van der Waals surface area (Å²) in [6.45, 7) is 3.58. The van der Waals surface area contributed by atoms with E-state index in [9.17, 15) is 14.7 Å². The Kier molecular flexibility index (Phi) is 7.36. The second-order valence-electron chi connectivity index (χ2n) is 10.1. The van der Waals surface area contributed by atoms with E-state index in [1.54, 1.807) is 43.8 Å². The van der Waals surface area contributed by atoms with Gasteiger partial charge in [0.25, 0.3) is 11.8 Å². The minimum absolute atomic E-state index is 0.0395. The lowest BCUT2D eigenvalue weighted by Gasteiger charge is -2.20. The van der Waals surface area contributed by atoms with Gasteiger partial charge in [0.1, 0.15) is 30.3 Å². The number of nitrogens with one attached hydrogen (secondary N) is 1. The summed E-state index contributed by atoms with van der Waals surface area (Å²) in [4.78, 5) is 31.7. The van der Waals surface area contributed by atoms with E-state index < -0.39 is 17.6 Å². The molecule has 4 aromatic rings. The summed E-state index contributed by atoms with van der Waals surface area (Å²) >= 11 is 0. The predicted molar refractivity (Wildman–Crippen MR) is 151 cm³/mol. The third kappa shape index (κ3) is 6.20. The fourth-order valence-corrected chi connectivity index (χ4v) is 4.22. The molecule has 2 amide bonds. The summed E-state index contributed by atoms with van der Waals surface area (Å²) in [6, 6.07) is 22.5. The lowest BCUT2D eigenvalue weighted by atomic mass is 10.0. The second kappa shape index (κ2) is 11.0. The molecule has 0 fully saturated rings. The van der Waals surface area contributed by atoms with Crippen molar-refractivity contribution in [1.29, 1.82) is 0 Å². The molecule has 0 bridgehead atoms. The summed E-state index contributed by atoms with van der Waals surface area (Å²) in [6.07, 6.45) is 1.49. The number of hydrogen-bond donors (Lipinski definition) is 2. The summed E-state index contributed by atoms with van der Waals surface area (Å²) in [7, 11) is 1.61. The van der Waals surface area contributed by atoms with Crippen LogP contribution in [0.25, 0.3) is 11.1 Å². The molecule has 0 unspecified atom stereocenters. The maximum absolute atomic E-state index is 13.2. The normalized spacial score (nSPS) is 14.8.